The zero-order valence-corrected chi connectivity index (χ0v) is 11.6. The van der Waals surface area contributed by atoms with Crippen LogP contribution in [0.25, 0.3) is 0 Å². The van der Waals surface area contributed by atoms with Crippen LogP contribution in [0, 0.1) is 11.7 Å². The molecular weight excluding hydrogens is 255 g/mol. The number of nitrogens with two attached hydrogens (primary N) is 1. The Labute approximate surface area is 107 Å². The maximum atomic E-state index is 13.2. The van der Waals surface area contributed by atoms with Crippen molar-refractivity contribution in [2.24, 2.45) is 11.7 Å². The zero-order chi connectivity index (χ0) is 13.9. The van der Waals surface area contributed by atoms with Crippen molar-refractivity contribution in [2.45, 2.75) is 38.3 Å². The van der Waals surface area contributed by atoms with Gasteiger partial charge in [0.1, 0.15) is 5.82 Å². The van der Waals surface area contributed by atoms with E-state index in [0.717, 1.165) is 6.07 Å². The van der Waals surface area contributed by atoms with Crippen LogP contribution in [-0.2, 0) is 16.6 Å². The molecule has 102 valence electrons. The fourth-order valence-electron chi connectivity index (χ4n) is 1.39. The Kier molecular flexibility index (Phi) is 4.84. The lowest BCUT2D eigenvalue weighted by atomic mass is 10.1. The minimum atomic E-state index is -3.74. The number of benzene rings is 1. The molecule has 3 N–H and O–H groups in total. The van der Waals surface area contributed by atoms with Crippen LogP contribution in [-0.4, -0.2) is 14.5 Å². The van der Waals surface area contributed by atoms with Crippen LogP contribution in [0.4, 0.5) is 4.39 Å². The number of nitrogens with one attached hydrogen (secondary N) is 1. The Hall–Kier alpha value is -0.980. The van der Waals surface area contributed by atoms with E-state index in [1.165, 1.54) is 12.1 Å². The minimum Gasteiger partial charge on any atom is -0.326 e. The first kappa shape index (κ1) is 15.1. The van der Waals surface area contributed by atoms with Crippen molar-refractivity contribution < 1.29 is 12.8 Å². The first-order valence-corrected chi connectivity index (χ1v) is 7.27. The smallest absolute Gasteiger partial charge is 0.241 e. The van der Waals surface area contributed by atoms with Crippen LogP contribution in [0.2, 0.25) is 0 Å². The largest absolute Gasteiger partial charge is 0.326 e. The van der Waals surface area contributed by atoms with Gasteiger partial charge in [0.15, 0.2) is 0 Å². The average Bonchev–Trinajstić information content (AvgIpc) is 2.28. The lowest BCUT2D eigenvalue weighted by Crippen LogP contribution is -2.36. The van der Waals surface area contributed by atoms with Crippen LogP contribution in [0.3, 0.4) is 0 Å². The van der Waals surface area contributed by atoms with E-state index in [9.17, 15) is 12.8 Å². The van der Waals surface area contributed by atoms with Gasteiger partial charge in [-0.15, -0.1) is 0 Å². The summed E-state index contributed by atoms with van der Waals surface area (Å²) in [7, 11) is -3.74. The van der Waals surface area contributed by atoms with Gasteiger partial charge in [0.2, 0.25) is 10.0 Å². The van der Waals surface area contributed by atoms with E-state index < -0.39 is 15.8 Å². The molecular formula is C12H19FN2O2S. The van der Waals surface area contributed by atoms with Gasteiger partial charge in [-0.2, -0.15) is 0 Å². The van der Waals surface area contributed by atoms with E-state index in [0.29, 0.717) is 5.56 Å². The predicted octanol–water partition coefficient (Wildman–Crippen LogP) is 1.61. The molecule has 0 spiro atoms. The normalized spacial score (nSPS) is 13.9. The van der Waals surface area contributed by atoms with Crippen molar-refractivity contribution in [2.75, 3.05) is 0 Å². The Balaban J connectivity index is 3.15. The van der Waals surface area contributed by atoms with Crippen molar-refractivity contribution in [1.82, 2.24) is 4.72 Å². The third-order valence-corrected chi connectivity index (χ3v) is 4.52. The van der Waals surface area contributed by atoms with E-state index in [4.69, 9.17) is 5.73 Å². The molecule has 0 heterocycles. The molecule has 0 fully saturated rings. The van der Waals surface area contributed by atoms with Gasteiger partial charge in [-0.25, -0.2) is 17.5 Å². The van der Waals surface area contributed by atoms with Gasteiger partial charge in [0, 0.05) is 12.6 Å². The second-order valence-electron chi connectivity index (χ2n) is 4.61. The molecule has 0 aliphatic heterocycles. The van der Waals surface area contributed by atoms with Crippen LogP contribution >= 0.6 is 0 Å². The molecule has 0 saturated heterocycles. The maximum Gasteiger partial charge on any atom is 0.241 e. The van der Waals surface area contributed by atoms with Crippen molar-refractivity contribution in [3.8, 4) is 0 Å². The molecule has 0 amide bonds. The molecule has 0 aliphatic carbocycles. The van der Waals surface area contributed by atoms with E-state index >= 15 is 0 Å². The maximum absolute atomic E-state index is 13.2. The number of hydrogen-bond acceptors (Lipinski definition) is 3. The van der Waals surface area contributed by atoms with Crippen molar-refractivity contribution in [3.05, 3.63) is 29.6 Å². The predicted molar refractivity (Wildman–Crippen MR) is 68.9 cm³/mol. The SMILES string of the molecule is CC(C)C(C)NS(=O)(=O)c1cc(F)ccc1CN. The van der Waals surface area contributed by atoms with Crippen molar-refractivity contribution in [3.63, 3.8) is 0 Å². The highest BCUT2D eigenvalue weighted by atomic mass is 32.2. The third kappa shape index (κ3) is 3.51. The summed E-state index contributed by atoms with van der Waals surface area (Å²) in [6.07, 6.45) is 0. The molecule has 4 nitrogen and oxygen atoms in total. The number of rotatable bonds is 5. The van der Waals surface area contributed by atoms with Gasteiger partial charge in [-0.05, 0) is 30.5 Å². The molecule has 1 rings (SSSR count). The third-order valence-electron chi connectivity index (χ3n) is 2.88. The molecule has 0 aromatic heterocycles. The second-order valence-corrected chi connectivity index (χ2v) is 6.29. The highest BCUT2D eigenvalue weighted by Gasteiger charge is 2.22. The average molecular weight is 274 g/mol. The summed E-state index contributed by atoms with van der Waals surface area (Å²) in [5, 5.41) is 0. The molecule has 0 saturated carbocycles. The van der Waals surface area contributed by atoms with Gasteiger partial charge < -0.3 is 5.73 Å². The van der Waals surface area contributed by atoms with Gasteiger partial charge >= 0.3 is 0 Å². The van der Waals surface area contributed by atoms with Crippen LogP contribution in [0.1, 0.15) is 26.3 Å². The second kappa shape index (κ2) is 5.77. The first-order chi connectivity index (χ1) is 8.27. The molecule has 1 aromatic carbocycles. The Bertz CT molecular complexity index is 515. The highest BCUT2D eigenvalue weighted by molar-refractivity contribution is 7.89. The zero-order valence-electron chi connectivity index (χ0n) is 10.8. The van der Waals surface area contributed by atoms with Crippen LogP contribution < -0.4 is 10.5 Å². The van der Waals surface area contributed by atoms with E-state index in [2.05, 4.69) is 4.72 Å². The van der Waals surface area contributed by atoms with Gasteiger partial charge in [-0.3, -0.25) is 0 Å². The molecule has 1 aromatic rings. The molecule has 1 atom stereocenters. The van der Waals surface area contributed by atoms with Gasteiger partial charge in [-0.1, -0.05) is 19.9 Å². The van der Waals surface area contributed by atoms with E-state index in [-0.39, 0.29) is 23.4 Å². The molecule has 0 radical (unpaired) electrons. The standard InChI is InChI=1S/C12H19FN2O2S/c1-8(2)9(3)15-18(16,17)12-6-11(13)5-4-10(12)7-14/h4-6,8-9,15H,7,14H2,1-3H3. The van der Waals surface area contributed by atoms with Gasteiger partial charge in [0.05, 0.1) is 4.90 Å². The minimum absolute atomic E-state index is 0.0482. The summed E-state index contributed by atoms with van der Waals surface area (Å²) in [6, 6.07) is 3.36. The number of sulfonamides is 1. The first-order valence-electron chi connectivity index (χ1n) is 5.78. The lowest BCUT2D eigenvalue weighted by molar-refractivity contribution is 0.476. The molecule has 1 unspecified atom stereocenters. The summed E-state index contributed by atoms with van der Waals surface area (Å²) in [6.45, 7) is 5.63. The number of halogens is 1. The molecule has 0 bridgehead atoms. The van der Waals surface area contributed by atoms with E-state index in [1.807, 2.05) is 13.8 Å². The van der Waals surface area contributed by atoms with Crippen LogP contribution in [0.15, 0.2) is 23.1 Å². The van der Waals surface area contributed by atoms with Gasteiger partial charge in [0.25, 0.3) is 0 Å². The quantitative estimate of drug-likeness (QED) is 0.856. The van der Waals surface area contributed by atoms with E-state index in [1.54, 1.807) is 6.92 Å². The Morgan fingerprint density at radius 1 is 1.33 bits per heavy atom. The molecule has 18 heavy (non-hydrogen) atoms. The summed E-state index contributed by atoms with van der Waals surface area (Å²) in [4.78, 5) is -0.0856. The van der Waals surface area contributed by atoms with Crippen molar-refractivity contribution in [1.29, 1.82) is 0 Å². The molecule has 0 aliphatic rings. The van der Waals surface area contributed by atoms with Crippen LogP contribution in [0.5, 0.6) is 0 Å². The lowest BCUT2D eigenvalue weighted by Gasteiger charge is -2.18. The summed E-state index contributed by atoms with van der Waals surface area (Å²) in [5.41, 5.74) is 5.88. The fourth-order valence-corrected chi connectivity index (χ4v) is 3.04. The Morgan fingerprint density at radius 3 is 2.44 bits per heavy atom. The summed E-state index contributed by atoms with van der Waals surface area (Å²) in [5.74, 6) is -0.445. The monoisotopic (exact) mass is 274 g/mol. The highest BCUT2D eigenvalue weighted by Crippen LogP contribution is 2.18. The summed E-state index contributed by atoms with van der Waals surface area (Å²) < 4.78 is 40.0. The number of hydrogen-bond donors (Lipinski definition) is 2. The topological polar surface area (TPSA) is 72.2 Å². The van der Waals surface area contributed by atoms with Crippen molar-refractivity contribution >= 4 is 10.0 Å². The Morgan fingerprint density at radius 2 is 1.94 bits per heavy atom. The molecule has 6 heteroatoms. The fraction of sp³-hybridized carbons (Fsp3) is 0.500. The summed E-state index contributed by atoms with van der Waals surface area (Å²) >= 11 is 0.